The third kappa shape index (κ3) is 7.51. The molecule has 0 saturated heterocycles. The lowest BCUT2D eigenvalue weighted by Gasteiger charge is -2.14. The lowest BCUT2D eigenvalue weighted by molar-refractivity contribution is -0.169. The summed E-state index contributed by atoms with van der Waals surface area (Å²) in [6.07, 6.45) is 1.27. The zero-order chi connectivity index (χ0) is 14.7. The van der Waals surface area contributed by atoms with Crippen LogP contribution in [0.25, 0.3) is 0 Å². The standard InChI is InChI=1S/C11H12O3.C3H4O2/c1-3-10(12)14-11(13-2)9-7-5-4-6-8-9;1-2-3(4)5/h3-8,11H,1H2,2H3;2H,1H2,(H,4,5). The fourth-order valence-corrected chi connectivity index (χ4v) is 1.02. The molecule has 1 aromatic rings. The summed E-state index contributed by atoms with van der Waals surface area (Å²) in [5, 5.41) is 7.60. The molecule has 102 valence electrons. The van der Waals surface area contributed by atoms with Crippen LogP contribution in [0.3, 0.4) is 0 Å². The number of carboxylic acids is 1. The maximum atomic E-state index is 10.9. The van der Waals surface area contributed by atoms with Crippen LogP contribution < -0.4 is 0 Å². The number of methoxy groups -OCH3 is 1. The Labute approximate surface area is 111 Å². The smallest absolute Gasteiger partial charge is 0.332 e. The Balaban J connectivity index is 0.000000555. The molecule has 0 radical (unpaired) electrons. The molecule has 1 aromatic carbocycles. The number of carbonyl (C=O) groups is 2. The number of carboxylic acid groups (broad SMARTS) is 1. The van der Waals surface area contributed by atoms with Crippen molar-refractivity contribution < 1.29 is 24.2 Å². The average molecular weight is 264 g/mol. The summed E-state index contributed by atoms with van der Waals surface area (Å²) >= 11 is 0. The third-order valence-corrected chi connectivity index (χ3v) is 1.85. The van der Waals surface area contributed by atoms with E-state index in [1.54, 1.807) is 0 Å². The van der Waals surface area contributed by atoms with Crippen molar-refractivity contribution in [1.82, 2.24) is 0 Å². The minimum atomic E-state index is -0.981. The average Bonchev–Trinajstić information content (AvgIpc) is 2.45. The Bertz CT molecular complexity index is 425. The fraction of sp³-hybridized carbons (Fsp3) is 0.143. The number of hydrogen-bond donors (Lipinski definition) is 1. The molecule has 1 atom stereocenters. The van der Waals surface area contributed by atoms with Crippen LogP contribution in [0.4, 0.5) is 0 Å². The number of esters is 1. The van der Waals surface area contributed by atoms with Gasteiger partial charge in [-0.3, -0.25) is 0 Å². The predicted octanol–water partition coefficient (Wildman–Crippen LogP) is 2.32. The topological polar surface area (TPSA) is 72.8 Å². The largest absolute Gasteiger partial charge is 0.478 e. The lowest BCUT2D eigenvalue weighted by atomic mass is 10.2. The molecule has 0 bridgehead atoms. The predicted molar refractivity (Wildman–Crippen MR) is 70.3 cm³/mol. The van der Waals surface area contributed by atoms with Crippen molar-refractivity contribution in [3.63, 3.8) is 0 Å². The highest BCUT2D eigenvalue weighted by Gasteiger charge is 2.12. The summed E-state index contributed by atoms with van der Waals surface area (Å²) in [5.41, 5.74) is 0.796. The molecular formula is C14H16O5. The van der Waals surface area contributed by atoms with Crippen molar-refractivity contribution >= 4 is 11.9 Å². The number of benzene rings is 1. The number of ether oxygens (including phenoxy) is 2. The zero-order valence-corrected chi connectivity index (χ0v) is 10.6. The molecule has 0 amide bonds. The van der Waals surface area contributed by atoms with Crippen LogP contribution in [0.5, 0.6) is 0 Å². The van der Waals surface area contributed by atoms with Gasteiger partial charge < -0.3 is 14.6 Å². The van der Waals surface area contributed by atoms with E-state index in [1.807, 2.05) is 30.3 Å². The molecular weight excluding hydrogens is 248 g/mol. The monoisotopic (exact) mass is 264 g/mol. The molecule has 0 saturated carbocycles. The number of aliphatic carboxylic acids is 1. The van der Waals surface area contributed by atoms with E-state index in [0.29, 0.717) is 0 Å². The van der Waals surface area contributed by atoms with Gasteiger partial charge in [0.1, 0.15) is 0 Å². The van der Waals surface area contributed by atoms with Gasteiger partial charge in [-0.1, -0.05) is 43.5 Å². The van der Waals surface area contributed by atoms with Crippen molar-refractivity contribution in [2.24, 2.45) is 0 Å². The Hall–Kier alpha value is -2.40. The van der Waals surface area contributed by atoms with Crippen molar-refractivity contribution in [3.8, 4) is 0 Å². The van der Waals surface area contributed by atoms with E-state index in [4.69, 9.17) is 14.6 Å². The van der Waals surface area contributed by atoms with Crippen molar-refractivity contribution in [3.05, 3.63) is 61.2 Å². The van der Waals surface area contributed by atoms with Crippen LogP contribution in [0, 0.1) is 0 Å². The highest BCUT2D eigenvalue weighted by molar-refractivity contribution is 5.81. The van der Waals surface area contributed by atoms with Gasteiger partial charge in [0.15, 0.2) is 0 Å². The summed E-state index contributed by atoms with van der Waals surface area (Å²) in [6.45, 7) is 6.27. The van der Waals surface area contributed by atoms with Gasteiger partial charge in [0, 0.05) is 24.8 Å². The molecule has 0 aliphatic carbocycles. The van der Waals surface area contributed by atoms with Gasteiger partial charge in [-0.05, 0) is 0 Å². The third-order valence-electron chi connectivity index (χ3n) is 1.85. The highest BCUT2D eigenvalue weighted by atomic mass is 16.7. The van der Waals surface area contributed by atoms with Gasteiger partial charge in [0.2, 0.25) is 6.29 Å². The van der Waals surface area contributed by atoms with E-state index in [0.717, 1.165) is 17.7 Å². The van der Waals surface area contributed by atoms with Crippen molar-refractivity contribution in [2.75, 3.05) is 7.11 Å². The van der Waals surface area contributed by atoms with E-state index in [9.17, 15) is 9.59 Å². The first kappa shape index (κ1) is 16.6. The van der Waals surface area contributed by atoms with E-state index >= 15 is 0 Å². The molecule has 0 aliphatic heterocycles. The zero-order valence-electron chi connectivity index (χ0n) is 10.6. The first-order valence-electron chi connectivity index (χ1n) is 5.31. The Kier molecular flexibility index (Phi) is 8.40. The van der Waals surface area contributed by atoms with Gasteiger partial charge in [0.05, 0.1) is 0 Å². The molecule has 0 aliphatic rings. The van der Waals surface area contributed by atoms with E-state index in [1.165, 1.54) is 7.11 Å². The molecule has 0 heterocycles. The van der Waals surface area contributed by atoms with Crippen LogP contribution in [0.2, 0.25) is 0 Å². The second-order valence-electron chi connectivity index (χ2n) is 3.16. The summed E-state index contributed by atoms with van der Waals surface area (Å²) in [6, 6.07) is 9.23. The van der Waals surface area contributed by atoms with Crippen molar-refractivity contribution in [1.29, 1.82) is 0 Å². The number of hydrogen-bond acceptors (Lipinski definition) is 4. The Morgan fingerprint density at radius 2 is 1.74 bits per heavy atom. The molecule has 0 fully saturated rings. The first-order valence-corrected chi connectivity index (χ1v) is 5.31. The molecule has 1 unspecified atom stereocenters. The minimum Gasteiger partial charge on any atom is -0.478 e. The van der Waals surface area contributed by atoms with Gasteiger partial charge in [-0.15, -0.1) is 0 Å². The van der Waals surface area contributed by atoms with Crippen LogP contribution in [-0.4, -0.2) is 24.2 Å². The van der Waals surface area contributed by atoms with Gasteiger partial charge in [-0.25, -0.2) is 9.59 Å². The summed E-state index contributed by atoms with van der Waals surface area (Å²) in [7, 11) is 1.48. The maximum absolute atomic E-state index is 10.9. The van der Waals surface area contributed by atoms with Gasteiger partial charge in [0.25, 0.3) is 0 Å². The van der Waals surface area contributed by atoms with E-state index in [-0.39, 0.29) is 0 Å². The molecule has 5 nitrogen and oxygen atoms in total. The fourth-order valence-electron chi connectivity index (χ4n) is 1.02. The Morgan fingerprint density at radius 3 is 2.11 bits per heavy atom. The quantitative estimate of drug-likeness (QED) is 0.502. The summed E-state index contributed by atoms with van der Waals surface area (Å²) < 4.78 is 9.97. The summed E-state index contributed by atoms with van der Waals surface area (Å²) in [5.74, 6) is -1.48. The van der Waals surface area contributed by atoms with Crippen LogP contribution in [-0.2, 0) is 19.1 Å². The summed E-state index contributed by atoms with van der Waals surface area (Å²) in [4.78, 5) is 20.2. The first-order chi connectivity index (χ1) is 9.04. The second kappa shape index (κ2) is 9.61. The second-order valence-corrected chi connectivity index (χ2v) is 3.16. The molecule has 0 aromatic heterocycles. The van der Waals surface area contributed by atoms with Crippen LogP contribution in [0.15, 0.2) is 55.6 Å². The lowest BCUT2D eigenvalue weighted by Crippen LogP contribution is -2.10. The molecule has 1 N–H and O–H groups in total. The van der Waals surface area contributed by atoms with Crippen LogP contribution >= 0.6 is 0 Å². The highest BCUT2D eigenvalue weighted by Crippen LogP contribution is 2.17. The van der Waals surface area contributed by atoms with E-state index < -0.39 is 18.2 Å². The molecule has 19 heavy (non-hydrogen) atoms. The number of carbonyl (C=O) groups excluding carboxylic acids is 1. The number of rotatable bonds is 5. The van der Waals surface area contributed by atoms with Gasteiger partial charge in [-0.2, -0.15) is 0 Å². The van der Waals surface area contributed by atoms with Crippen molar-refractivity contribution in [2.45, 2.75) is 6.29 Å². The maximum Gasteiger partial charge on any atom is 0.332 e. The van der Waals surface area contributed by atoms with E-state index in [2.05, 4.69) is 13.2 Å². The van der Waals surface area contributed by atoms with Gasteiger partial charge >= 0.3 is 11.9 Å². The molecule has 5 heteroatoms. The van der Waals surface area contributed by atoms with Crippen LogP contribution in [0.1, 0.15) is 11.9 Å². The molecule has 0 spiro atoms. The normalized spacial score (nSPS) is 10.4. The SMILES string of the molecule is C=CC(=O)O.C=CC(=O)OC(OC)c1ccccc1. The minimum absolute atomic E-state index is 0.499. The molecule has 1 rings (SSSR count). The Morgan fingerprint density at radius 1 is 1.21 bits per heavy atom.